The Kier molecular flexibility index (Phi) is 5.60. The predicted molar refractivity (Wildman–Crippen MR) is 85.2 cm³/mol. The average Bonchev–Trinajstić information content (AvgIpc) is 2.43. The smallest absolute Gasteiger partial charge is 0.283 e. The van der Waals surface area contributed by atoms with Crippen molar-refractivity contribution in [3.8, 4) is 0 Å². The molecule has 5 nitrogen and oxygen atoms in total. The largest absolute Gasteiger partial charge is 0.379 e. The van der Waals surface area contributed by atoms with E-state index in [-0.39, 0.29) is 5.56 Å². The van der Waals surface area contributed by atoms with E-state index in [0.717, 1.165) is 38.0 Å². The number of hydrogen-bond acceptors (Lipinski definition) is 4. The summed E-state index contributed by atoms with van der Waals surface area (Å²) in [6.07, 6.45) is 6.11. The van der Waals surface area contributed by atoms with E-state index in [1.165, 1.54) is 11.1 Å². The van der Waals surface area contributed by atoms with Crippen molar-refractivity contribution >= 4 is 21.6 Å². The topological polar surface area (TPSA) is 50.2 Å². The van der Waals surface area contributed by atoms with Gasteiger partial charge in [-0.1, -0.05) is 13.3 Å². The lowest BCUT2D eigenvalue weighted by atomic mass is 10.1. The number of hydrogen-bond donors (Lipinski definition) is 1. The molecule has 1 aliphatic heterocycles. The van der Waals surface area contributed by atoms with Gasteiger partial charge in [-0.3, -0.25) is 4.79 Å². The van der Waals surface area contributed by atoms with E-state index >= 15 is 0 Å². The van der Waals surface area contributed by atoms with Gasteiger partial charge in [0.1, 0.15) is 4.47 Å². The molecule has 0 saturated carbocycles. The Hall–Kier alpha value is -0.880. The first-order valence-corrected chi connectivity index (χ1v) is 8.11. The minimum atomic E-state index is -0.0485. The molecule has 1 atom stereocenters. The molecule has 20 heavy (non-hydrogen) atoms. The highest BCUT2D eigenvalue weighted by Crippen LogP contribution is 2.20. The van der Waals surface area contributed by atoms with Crippen LogP contribution in [-0.2, 0) is 6.54 Å². The Labute approximate surface area is 128 Å². The normalized spacial score (nSPS) is 20.1. The van der Waals surface area contributed by atoms with Crippen LogP contribution in [0, 0.1) is 0 Å². The van der Waals surface area contributed by atoms with Gasteiger partial charge in [0.05, 0.1) is 11.9 Å². The van der Waals surface area contributed by atoms with Crippen LogP contribution in [0.5, 0.6) is 0 Å². The van der Waals surface area contributed by atoms with Gasteiger partial charge in [-0.15, -0.1) is 0 Å². The third-order valence-electron chi connectivity index (χ3n) is 3.69. The molecule has 0 radical (unpaired) electrons. The maximum absolute atomic E-state index is 12.2. The van der Waals surface area contributed by atoms with Gasteiger partial charge < -0.3 is 10.2 Å². The van der Waals surface area contributed by atoms with Gasteiger partial charge in [-0.25, -0.2) is 4.68 Å². The van der Waals surface area contributed by atoms with Crippen molar-refractivity contribution in [3.63, 3.8) is 0 Å². The lowest BCUT2D eigenvalue weighted by Crippen LogP contribution is -2.40. The zero-order chi connectivity index (χ0) is 14.5. The third-order valence-corrected chi connectivity index (χ3v) is 4.46. The molecule has 1 aromatic heterocycles. The number of unbranched alkanes of at least 4 members (excludes halogenated alkanes) is 1. The van der Waals surface area contributed by atoms with Crippen molar-refractivity contribution in [1.29, 1.82) is 0 Å². The number of halogens is 1. The molecule has 0 aromatic carbocycles. The number of nitrogens with zero attached hydrogens (tertiary/aromatic N) is 3. The minimum absolute atomic E-state index is 0.0485. The van der Waals surface area contributed by atoms with Gasteiger partial charge in [-0.05, 0) is 48.8 Å². The number of aryl methyl sites for hydroxylation is 1. The van der Waals surface area contributed by atoms with Crippen molar-refractivity contribution < 1.29 is 0 Å². The lowest BCUT2D eigenvalue weighted by Gasteiger charge is -2.31. The number of nitrogens with one attached hydrogen (secondary N) is 1. The molecule has 1 N–H and O–H groups in total. The highest BCUT2D eigenvalue weighted by molar-refractivity contribution is 9.10. The van der Waals surface area contributed by atoms with E-state index in [0.29, 0.717) is 17.1 Å². The zero-order valence-electron chi connectivity index (χ0n) is 12.2. The summed E-state index contributed by atoms with van der Waals surface area (Å²) >= 11 is 3.42. The van der Waals surface area contributed by atoms with Gasteiger partial charge in [0, 0.05) is 19.1 Å². The summed E-state index contributed by atoms with van der Waals surface area (Å²) in [6, 6.07) is 0.387. The zero-order valence-corrected chi connectivity index (χ0v) is 13.8. The Morgan fingerprint density at radius 3 is 3.05 bits per heavy atom. The van der Waals surface area contributed by atoms with Crippen LogP contribution in [0.25, 0.3) is 0 Å². The second-order valence-electron chi connectivity index (χ2n) is 5.50. The standard InChI is InChI=1S/C14H23BrN4O/c1-3-4-8-19-14(20)13(15)12(9-16-19)17-11-6-5-7-18(2)10-11/h9,11,17H,3-8,10H2,1-2H3. The van der Waals surface area contributed by atoms with E-state index in [4.69, 9.17) is 0 Å². The van der Waals surface area contributed by atoms with E-state index in [9.17, 15) is 4.79 Å². The summed E-state index contributed by atoms with van der Waals surface area (Å²) in [5, 5.41) is 7.70. The summed E-state index contributed by atoms with van der Waals surface area (Å²) in [5.41, 5.74) is 0.760. The molecule has 1 unspecified atom stereocenters. The Morgan fingerprint density at radius 2 is 2.35 bits per heavy atom. The first kappa shape index (κ1) is 15.5. The van der Waals surface area contributed by atoms with Crippen molar-refractivity contribution in [2.24, 2.45) is 0 Å². The van der Waals surface area contributed by atoms with Crippen LogP contribution in [0.3, 0.4) is 0 Å². The van der Waals surface area contributed by atoms with Crippen molar-refractivity contribution in [3.05, 3.63) is 21.0 Å². The molecule has 1 aromatic rings. The van der Waals surface area contributed by atoms with E-state index < -0.39 is 0 Å². The van der Waals surface area contributed by atoms with Crippen molar-refractivity contribution in [2.45, 2.75) is 45.2 Å². The van der Waals surface area contributed by atoms with E-state index in [1.807, 2.05) is 0 Å². The number of likely N-dealkylation sites (tertiary alicyclic amines) is 1. The van der Waals surface area contributed by atoms with Crippen LogP contribution in [-0.4, -0.2) is 40.9 Å². The van der Waals surface area contributed by atoms with Crippen LogP contribution in [0.15, 0.2) is 15.5 Å². The highest BCUT2D eigenvalue weighted by Gasteiger charge is 2.18. The molecule has 6 heteroatoms. The number of aromatic nitrogens is 2. The van der Waals surface area contributed by atoms with Crippen LogP contribution in [0.2, 0.25) is 0 Å². The molecule has 1 fully saturated rings. The van der Waals surface area contributed by atoms with Gasteiger partial charge in [0.15, 0.2) is 0 Å². The summed E-state index contributed by atoms with van der Waals surface area (Å²) in [7, 11) is 2.13. The summed E-state index contributed by atoms with van der Waals surface area (Å²) < 4.78 is 2.13. The first-order valence-electron chi connectivity index (χ1n) is 7.32. The van der Waals surface area contributed by atoms with Gasteiger partial charge in [0.2, 0.25) is 0 Å². The molecular weight excluding hydrogens is 320 g/mol. The van der Waals surface area contributed by atoms with Gasteiger partial charge in [0.25, 0.3) is 5.56 Å². The maximum Gasteiger partial charge on any atom is 0.283 e. The number of piperidine rings is 1. The molecule has 1 aliphatic rings. The summed E-state index contributed by atoms with van der Waals surface area (Å²) in [6.45, 7) is 4.94. The van der Waals surface area contributed by atoms with E-state index in [2.05, 4.69) is 45.2 Å². The van der Waals surface area contributed by atoms with Crippen molar-refractivity contribution in [1.82, 2.24) is 14.7 Å². The Balaban J connectivity index is 2.09. The summed E-state index contributed by atoms with van der Waals surface area (Å²) in [5.74, 6) is 0. The second kappa shape index (κ2) is 7.22. The van der Waals surface area contributed by atoms with Gasteiger partial charge in [-0.2, -0.15) is 5.10 Å². The molecule has 2 heterocycles. The highest BCUT2D eigenvalue weighted by atomic mass is 79.9. The van der Waals surface area contributed by atoms with Crippen LogP contribution in [0.1, 0.15) is 32.6 Å². The number of likely N-dealkylation sites (N-methyl/N-ethyl adjacent to an activating group) is 1. The Morgan fingerprint density at radius 1 is 1.55 bits per heavy atom. The SMILES string of the molecule is CCCCn1ncc(NC2CCCN(C)C2)c(Br)c1=O. The molecule has 0 spiro atoms. The fourth-order valence-corrected chi connectivity index (χ4v) is 2.96. The van der Waals surface area contributed by atoms with Crippen LogP contribution >= 0.6 is 15.9 Å². The lowest BCUT2D eigenvalue weighted by molar-refractivity contribution is 0.261. The quantitative estimate of drug-likeness (QED) is 0.891. The van der Waals surface area contributed by atoms with Gasteiger partial charge >= 0.3 is 0 Å². The molecule has 1 saturated heterocycles. The fourth-order valence-electron chi connectivity index (χ4n) is 2.54. The number of anilines is 1. The molecular formula is C14H23BrN4O. The maximum atomic E-state index is 12.2. The Bertz CT molecular complexity index is 502. The van der Waals surface area contributed by atoms with E-state index in [1.54, 1.807) is 6.20 Å². The summed E-state index contributed by atoms with van der Waals surface area (Å²) in [4.78, 5) is 14.5. The third kappa shape index (κ3) is 3.82. The average molecular weight is 343 g/mol. The number of rotatable bonds is 5. The fraction of sp³-hybridized carbons (Fsp3) is 0.714. The molecule has 0 bridgehead atoms. The van der Waals surface area contributed by atoms with Crippen molar-refractivity contribution in [2.75, 3.05) is 25.5 Å². The second-order valence-corrected chi connectivity index (χ2v) is 6.29. The molecule has 2 rings (SSSR count). The predicted octanol–water partition coefficient (Wildman–Crippen LogP) is 2.31. The minimum Gasteiger partial charge on any atom is -0.379 e. The molecule has 112 valence electrons. The molecule has 0 amide bonds. The monoisotopic (exact) mass is 342 g/mol. The van der Waals surface area contributed by atoms with Crippen LogP contribution in [0.4, 0.5) is 5.69 Å². The first-order chi connectivity index (χ1) is 9.61. The van der Waals surface area contributed by atoms with Crippen LogP contribution < -0.4 is 10.9 Å². The molecule has 0 aliphatic carbocycles.